The summed E-state index contributed by atoms with van der Waals surface area (Å²) < 4.78 is 9.46. The summed E-state index contributed by atoms with van der Waals surface area (Å²) >= 11 is 0. The van der Waals surface area contributed by atoms with Gasteiger partial charge in [-0.15, -0.1) is 0 Å². The summed E-state index contributed by atoms with van der Waals surface area (Å²) in [7, 11) is 0. The molecule has 0 spiro atoms. The van der Waals surface area contributed by atoms with Gasteiger partial charge in [-0.3, -0.25) is 24.5 Å². The Balaban J connectivity index is 0.000000331. The van der Waals surface area contributed by atoms with Crippen molar-refractivity contribution < 1.29 is 28.8 Å². The maximum Gasteiger partial charge on any atom is 0.326 e. The number of rotatable bonds is 4. The summed E-state index contributed by atoms with van der Waals surface area (Å²) in [5, 5.41) is 11.1. The van der Waals surface area contributed by atoms with Crippen molar-refractivity contribution in [2.24, 2.45) is 0 Å². The molecule has 2 aliphatic carbocycles. The molecule has 3 rings (SSSR count). The van der Waals surface area contributed by atoms with E-state index in [2.05, 4.69) is 24.3 Å². The Morgan fingerprint density at radius 2 is 1.50 bits per heavy atom. The molecule has 0 amide bonds. The Morgan fingerprint density at radius 3 is 1.85 bits per heavy atom. The predicted octanol–water partition coefficient (Wildman–Crippen LogP) is 3.32. The van der Waals surface area contributed by atoms with Gasteiger partial charge in [-0.1, -0.05) is 18.2 Å². The van der Waals surface area contributed by atoms with Crippen LogP contribution in [0.1, 0.15) is 31.1 Å². The number of ether oxygens (including phenoxy) is 2. The minimum atomic E-state index is -0.873. The maximum atomic E-state index is 11.4. The molecule has 0 atom stereocenters. The molecule has 26 heavy (non-hydrogen) atoms. The number of hydrogen-bond acceptors (Lipinski definition) is 7. The van der Waals surface area contributed by atoms with Crippen LogP contribution in [0.25, 0.3) is 11.1 Å². The molecule has 8 heteroatoms. The Morgan fingerprint density at radius 1 is 0.923 bits per heavy atom. The molecule has 0 fully saturated rings. The lowest BCUT2D eigenvalue weighted by Gasteiger charge is -2.10. The average molecular weight is 357 g/mol. The number of hydrogen-bond donors (Lipinski definition) is 0. The number of nitro groups is 1. The third-order valence-electron chi connectivity index (χ3n) is 3.27. The molecule has 8 nitrogen and oxygen atoms in total. The summed E-state index contributed by atoms with van der Waals surface area (Å²) in [6.07, 6.45) is 0. The second-order valence-electron chi connectivity index (χ2n) is 5.37. The van der Waals surface area contributed by atoms with E-state index in [1.54, 1.807) is 0 Å². The molecule has 1 aromatic rings. The van der Waals surface area contributed by atoms with Crippen LogP contribution in [0.2, 0.25) is 0 Å². The quantitative estimate of drug-likeness (QED) is 0.231. The first-order valence-electron chi connectivity index (χ1n) is 7.50. The summed E-state index contributed by atoms with van der Waals surface area (Å²) in [5.74, 6) is -3.04. The van der Waals surface area contributed by atoms with Crippen LogP contribution in [0.5, 0.6) is 11.5 Å². The Kier molecular flexibility index (Phi) is 5.46. The van der Waals surface area contributed by atoms with E-state index in [4.69, 9.17) is 9.47 Å². The highest BCUT2D eigenvalue weighted by atomic mass is 16.6. The number of fused-ring (bicyclic) bond motifs is 1. The molecule has 0 unspecified atom stereocenters. The number of Topliss-reactive ketones (excluding diaryl/α,β-unsaturated/α-hetero) is 1. The molecular weight excluding hydrogens is 342 g/mol. The number of benzene rings is 2. The lowest BCUT2D eigenvalue weighted by Crippen LogP contribution is -2.11. The number of nitrogens with zero attached hydrogens (tertiary/aromatic N) is 1. The highest BCUT2D eigenvalue weighted by molar-refractivity contribution is 6.00. The Bertz CT molecular complexity index is 901. The van der Waals surface area contributed by atoms with Gasteiger partial charge in [0.25, 0.3) is 5.75 Å². The molecule has 0 N–H and O–H groups in total. The van der Waals surface area contributed by atoms with Gasteiger partial charge in [0, 0.05) is 13.8 Å². The van der Waals surface area contributed by atoms with Crippen LogP contribution in [0.3, 0.4) is 0 Å². The number of carbonyl (C=O) groups excluding carboxylic acids is 3. The van der Waals surface area contributed by atoms with Crippen LogP contribution in [0.4, 0.5) is 5.69 Å². The SMILES string of the molecule is CC(=O)Oc1ccc(C(C)=O)c([N+](=O)[O-])c1OC(C)=O.c1cc2cc-2c1. The van der Waals surface area contributed by atoms with E-state index in [0.717, 1.165) is 32.9 Å². The number of esters is 2. The molecule has 0 saturated heterocycles. The van der Waals surface area contributed by atoms with Gasteiger partial charge in [-0.25, -0.2) is 0 Å². The molecule has 2 aliphatic rings. The lowest BCUT2D eigenvalue weighted by molar-refractivity contribution is -0.386. The van der Waals surface area contributed by atoms with E-state index < -0.39 is 34.1 Å². The van der Waals surface area contributed by atoms with Gasteiger partial charge in [0.2, 0.25) is 0 Å². The summed E-state index contributed by atoms with van der Waals surface area (Å²) in [5.41, 5.74) is 1.89. The molecular formula is C18H15NO7. The molecule has 1 aromatic carbocycles. The molecule has 134 valence electrons. The highest BCUT2D eigenvalue weighted by Crippen LogP contribution is 2.40. The van der Waals surface area contributed by atoms with E-state index in [1.165, 1.54) is 11.1 Å². The van der Waals surface area contributed by atoms with Crippen LogP contribution in [0, 0.1) is 10.1 Å². The van der Waals surface area contributed by atoms with Gasteiger partial charge in [-0.2, -0.15) is 0 Å². The third-order valence-corrected chi connectivity index (χ3v) is 3.27. The standard InChI is InChI=1S/C12H11NO7.C6H4/c1-6(14)9-4-5-10(19-7(2)15)12(20-8(3)16)11(9)13(17)18;1-2-5-4-6(5)3-1/h4-5H,1-3H3;1-4H. The van der Waals surface area contributed by atoms with Crippen molar-refractivity contribution in [2.75, 3.05) is 0 Å². The number of carbonyl (C=O) groups is 3. The van der Waals surface area contributed by atoms with Gasteiger partial charge >= 0.3 is 17.6 Å². The zero-order valence-electron chi connectivity index (χ0n) is 14.3. The second kappa shape index (κ2) is 7.56. The van der Waals surface area contributed by atoms with Crippen molar-refractivity contribution in [1.29, 1.82) is 0 Å². The predicted molar refractivity (Wildman–Crippen MR) is 91.2 cm³/mol. The summed E-state index contributed by atoms with van der Waals surface area (Å²) in [6, 6.07) is 10.8. The smallest absolute Gasteiger partial charge is 0.326 e. The fraction of sp³-hybridized carbons (Fsp3) is 0.167. The minimum absolute atomic E-state index is 0.248. The van der Waals surface area contributed by atoms with Crippen LogP contribution >= 0.6 is 0 Å². The van der Waals surface area contributed by atoms with Gasteiger partial charge in [0.05, 0.1) is 10.5 Å². The highest BCUT2D eigenvalue weighted by Gasteiger charge is 2.29. The van der Waals surface area contributed by atoms with E-state index >= 15 is 0 Å². The lowest BCUT2D eigenvalue weighted by atomic mass is 10.1. The van der Waals surface area contributed by atoms with E-state index in [-0.39, 0.29) is 11.3 Å². The molecule has 0 aromatic heterocycles. The van der Waals surface area contributed by atoms with Crippen LogP contribution in [-0.4, -0.2) is 22.6 Å². The van der Waals surface area contributed by atoms with E-state index in [9.17, 15) is 24.5 Å². The van der Waals surface area contributed by atoms with Crippen LogP contribution < -0.4 is 9.47 Å². The zero-order valence-corrected chi connectivity index (χ0v) is 14.3. The van der Waals surface area contributed by atoms with Crippen molar-refractivity contribution >= 4 is 23.4 Å². The minimum Gasteiger partial charge on any atom is -0.422 e. The second-order valence-corrected chi connectivity index (χ2v) is 5.37. The summed E-state index contributed by atoms with van der Waals surface area (Å²) in [6.45, 7) is 3.25. The first-order chi connectivity index (χ1) is 12.2. The topological polar surface area (TPSA) is 113 Å². The van der Waals surface area contributed by atoms with Crippen molar-refractivity contribution in [2.45, 2.75) is 20.8 Å². The average Bonchev–Trinajstić information content (AvgIpc) is 3.13. The monoisotopic (exact) mass is 357 g/mol. The fourth-order valence-electron chi connectivity index (χ4n) is 2.17. The van der Waals surface area contributed by atoms with Gasteiger partial charge in [-0.05, 0) is 36.2 Å². The van der Waals surface area contributed by atoms with E-state index in [0.29, 0.717) is 0 Å². The van der Waals surface area contributed by atoms with Crippen LogP contribution in [-0.2, 0) is 9.59 Å². The zero-order chi connectivity index (χ0) is 19.4. The third kappa shape index (κ3) is 4.50. The van der Waals surface area contributed by atoms with Gasteiger partial charge < -0.3 is 9.47 Å². The largest absolute Gasteiger partial charge is 0.422 e. The van der Waals surface area contributed by atoms with Crippen molar-refractivity contribution in [3.8, 4) is 22.6 Å². The molecule has 0 saturated carbocycles. The maximum absolute atomic E-state index is 11.4. The van der Waals surface area contributed by atoms with E-state index in [1.807, 2.05) is 0 Å². The Labute approximate surface area is 148 Å². The molecule has 0 aliphatic heterocycles. The number of ketones is 1. The van der Waals surface area contributed by atoms with Crippen molar-refractivity contribution in [1.82, 2.24) is 0 Å². The Hall–Kier alpha value is -3.55. The fourth-order valence-corrected chi connectivity index (χ4v) is 2.17. The van der Waals surface area contributed by atoms with Gasteiger partial charge in [0.15, 0.2) is 11.5 Å². The number of nitro benzene ring substituents is 1. The molecule has 0 bridgehead atoms. The molecule has 0 radical (unpaired) electrons. The first kappa shape index (κ1) is 18.8. The van der Waals surface area contributed by atoms with Gasteiger partial charge in [0.1, 0.15) is 0 Å². The van der Waals surface area contributed by atoms with Crippen LogP contribution in [0.15, 0.2) is 36.4 Å². The van der Waals surface area contributed by atoms with Crippen molar-refractivity contribution in [3.63, 3.8) is 0 Å². The summed E-state index contributed by atoms with van der Waals surface area (Å²) in [4.78, 5) is 43.6. The first-order valence-corrected chi connectivity index (χ1v) is 7.50. The normalized spacial score (nSPS) is 10.1. The van der Waals surface area contributed by atoms with Crippen molar-refractivity contribution in [3.05, 3.63) is 52.1 Å². The molecule has 0 heterocycles.